The van der Waals surface area contributed by atoms with E-state index >= 15 is 0 Å². The van der Waals surface area contributed by atoms with Gasteiger partial charge < -0.3 is 14.7 Å². The zero-order chi connectivity index (χ0) is 18.4. The highest BCUT2D eigenvalue weighted by atomic mass is 35.5. The summed E-state index contributed by atoms with van der Waals surface area (Å²) in [7, 11) is 6.00. The molecule has 0 aromatic heterocycles. The lowest BCUT2D eigenvalue weighted by Gasteiger charge is -2.25. The lowest BCUT2D eigenvalue weighted by molar-refractivity contribution is 0.521. The van der Waals surface area contributed by atoms with E-state index in [4.69, 9.17) is 16.6 Å². The molecule has 4 rings (SSSR count). The Labute approximate surface area is 158 Å². The summed E-state index contributed by atoms with van der Waals surface area (Å²) in [6, 6.07) is 9.41. The number of anilines is 3. The van der Waals surface area contributed by atoms with Gasteiger partial charge in [0.1, 0.15) is 11.7 Å². The first-order valence-electron chi connectivity index (χ1n) is 8.84. The van der Waals surface area contributed by atoms with Crippen LogP contribution in [0.3, 0.4) is 0 Å². The van der Waals surface area contributed by atoms with Crippen molar-refractivity contribution in [1.29, 1.82) is 0 Å². The molecule has 0 radical (unpaired) electrons. The van der Waals surface area contributed by atoms with Crippen molar-refractivity contribution >= 4 is 40.2 Å². The predicted molar refractivity (Wildman–Crippen MR) is 107 cm³/mol. The molecule has 1 fully saturated rings. The third-order valence-electron chi connectivity index (χ3n) is 5.11. The average molecular weight is 373 g/mol. The molecule has 0 unspecified atom stereocenters. The number of nitrogens with zero attached hydrogens (tertiary/aromatic N) is 4. The summed E-state index contributed by atoms with van der Waals surface area (Å²) in [4.78, 5) is 11.3. The maximum absolute atomic E-state index is 14.1. The Bertz CT molecular complexity index is 888. The highest BCUT2D eigenvalue weighted by Crippen LogP contribution is 2.42. The molecule has 0 atom stereocenters. The number of aliphatic imine (C=N–C) groups is 1. The van der Waals surface area contributed by atoms with E-state index in [0.29, 0.717) is 5.69 Å². The molecule has 0 N–H and O–H groups in total. The molecular formula is C20H22ClFN4. The molecule has 6 heteroatoms. The zero-order valence-corrected chi connectivity index (χ0v) is 16.0. The van der Waals surface area contributed by atoms with Crippen LogP contribution in [-0.2, 0) is 0 Å². The fraction of sp³-hybridized carbons (Fsp3) is 0.350. The highest BCUT2D eigenvalue weighted by Gasteiger charge is 2.27. The van der Waals surface area contributed by atoms with E-state index in [-0.39, 0.29) is 5.02 Å². The normalized spacial score (nSPS) is 16.1. The van der Waals surface area contributed by atoms with Gasteiger partial charge in [-0.25, -0.2) is 9.38 Å². The summed E-state index contributed by atoms with van der Waals surface area (Å²) in [5, 5.41) is 0.0987. The fourth-order valence-electron chi connectivity index (χ4n) is 3.63. The SMILES string of the molecule is CN(C)c1ccc2c(c1)C(N1CCCC1)=Nc1cc(Cl)c(F)cc1N2C. The molecular weight excluding hydrogens is 351 g/mol. The smallest absolute Gasteiger partial charge is 0.144 e. The van der Waals surface area contributed by atoms with Crippen LogP contribution in [0.25, 0.3) is 0 Å². The first kappa shape index (κ1) is 17.2. The number of hydrogen-bond donors (Lipinski definition) is 0. The van der Waals surface area contributed by atoms with Gasteiger partial charge in [0.15, 0.2) is 0 Å². The first-order chi connectivity index (χ1) is 12.5. The second-order valence-corrected chi connectivity index (χ2v) is 7.45. The van der Waals surface area contributed by atoms with Gasteiger partial charge in [0.25, 0.3) is 0 Å². The molecule has 0 aliphatic carbocycles. The molecule has 2 aromatic carbocycles. The van der Waals surface area contributed by atoms with E-state index in [2.05, 4.69) is 28.0 Å². The van der Waals surface area contributed by atoms with Crippen molar-refractivity contribution in [3.8, 4) is 0 Å². The van der Waals surface area contributed by atoms with Gasteiger partial charge in [-0.15, -0.1) is 0 Å². The summed E-state index contributed by atoms with van der Waals surface area (Å²) in [6.07, 6.45) is 2.32. The van der Waals surface area contributed by atoms with Crippen molar-refractivity contribution in [2.75, 3.05) is 44.0 Å². The van der Waals surface area contributed by atoms with Gasteiger partial charge in [0, 0.05) is 51.5 Å². The molecule has 4 nitrogen and oxygen atoms in total. The summed E-state index contributed by atoms with van der Waals surface area (Å²) in [5.74, 6) is 0.512. The maximum Gasteiger partial charge on any atom is 0.144 e. The summed E-state index contributed by atoms with van der Waals surface area (Å²) < 4.78 is 14.1. The Balaban J connectivity index is 1.97. The van der Waals surface area contributed by atoms with Crippen LogP contribution in [-0.4, -0.2) is 45.0 Å². The van der Waals surface area contributed by atoms with E-state index in [9.17, 15) is 4.39 Å². The van der Waals surface area contributed by atoms with Crippen molar-refractivity contribution in [3.63, 3.8) is 0 Å². The number of likely N-dealkylation sites (tertiary alicyclic amines) is 1. The van der Waals surface area contributed by atoms with Crippen LogP contribution in [0.4, 0.5) is 27.1 Å². The summed E-state index contributed by atoms with van der Waals surface area (Å²) >= 11 is 6.05. The zero-order valence-electron chi connectivity index (χ0n) is 15.3. The molecule has 0 amide bonds. The second-order valence-electron chi connectivity index (χ2n) is 7.04. The standard InChI is InChI=1S/C20H22ClFN4/c1-24(2)13-6-7-18-14(10-13)20(26-8-4-5-9-26)23-17-11-15(21)16(22)12-19(17)25(18)3/h6-7,10-12H,4-5,8-9H2,1-3H3. The predicted octanol–water partition coefficient (Wildman–Crippen LogP) is 4.80. The van der Waals surface area contributed by atoms with Crippen molar-refractivity contribution in [3.05, 3.63) is 46.7 Å². The van der Waals surface area contributed by atoms with E-state index in [0.717, 1.165) is 54.4 Å². The molecule has 1 saturated heterocycles. The third kappa shape index (κ3) is 2.80. The van der Waals surface area contributed by atoms with E-state index in [1.165, 1.54) is 6.07 Å². The molecule has 26 heavy (non-hydrogen) atoms. The van der Waals surface area contributed by atoms with Crippen molar-refractivity contribution < 1.29 is 4.39 Å². The molecule has 136 valence electrons. The van der Waals surface area contributed by atoms with Crippen LogP contribution in [0.5, 0.6) is 0 Å². The number of hydrogen-bond acceptors (Lipinski definition) is 4. The topological polar surface area (TPSA) is 22.1 Å². The van der Waals surface area contributed by atoms with Gasteiger partial charge in [0.05, 0.1) is 22.1 Å². The largest absolute Gasteiger partial charge is 0.378 e. The van der Waals surface area contributed by atoms with Crippen molar-refractivity contribution in [2.45, 2.75) is 12.8 Å². The third-order valence-corrected chi connectivity index (χ3v) is 5.40. The summed E-state index contributed by atoms with van der Waals surface area (Å²) in [5.41, 5.74) is 4.61. The maximum atomic E-state index is 14.1. The number of fused-ring (bicyclic) bond motifs is 2. The molecule has 2 aromatic rings. The van der Waals surface area contributed by atoms with Gasteiger partial charge in [0.2, 0.25) is 0 Å². The van der Waals surface area contributed by atoms with Gasteiger partial charge >= 0.3 is 0 Å². The molecule has 2 aliphatic rings. The van der Waals surface area contributed by atoms with E-state index in [1.54, 1.807) is 6.07 Å². The van der Waals surface area contributed by atoms with Crippen molar-refractivity contribution in [1.82, 2.24) is 4.90 Å². The Kier molecular flexibility index (Phi) is 4.27. The fourth-order valence-corrected chi connectivity index (χ4v) is 3.79. The van der Waals surface area contributed by atoms with Crippen LogP contribution in [0.1, 0.15) is 18.4 Å². The van der Waals surface area contributed by atoms with E-state index < -0.39 is 5.82 Å². The highest BCUT2D eigenvalue weighted by molar-refractivity contribution is 6.31. The number of rotatable bonds is 1. The molecule has 0 bridgehead atoms. The molecule has 0 saturated carbocycles. The lowest BCUT2D eigenvalue weighted by Crippen LogP contribution is -2.29. The van der Waals surface area contributed by atoms with Crippen LogP contribution >= 0.6 is 11.6 Å². The number of halogens is 2. The molecule has 0 spiro atoms. The molecule has 2 heterocycles. The average Bonchev–Trinajstić information content (AvgIpc) is 3.12. The number of benzene rings is 2. The van der Waals surface area contributed by atoms with Crippen LogP contribution < -0.4 is 9.80 Å². The first-order valence-corrected chi connectivity index (χ1v) is 9.21. The quantitative estimate of drug-likeness (QED) is 0.717. The van der Waals surface area contributed by atoms with Gasteiger partial charge in [-0.1, -0.05) is 11.6 Å². The van der Waals surface area contributed by atoms with Crippen molar-refractivity contribution in [2.24, 2.45) is 4.99 Å². The van der Waals surface area contributed by atoms with Crippen LogP contribution in [0.2, 0.25) is 5.02 Å². The minimum Gasteiger partial charge on any atom is -0.378 e. The summed E-state index contributed by atoms with van der Waals surface area (Å²) in [6.45, 7) is 1.97. The second kappa shape index (κ2) is 6.47. The van der Waals surface area contributed by atoms with E-state index in [1.807, 2.05) is 26.0 Å². The Morgan fingerprint density at radius 2 is 1.81 bits per heavy atom. The Morgan fingerprint density at radius 3 is 2.50 bits per heavy atom. The van der Waals surface area contributed by atoms with Gasteiger partial charge in [-0.05, 0) is 37.1 Å². The minimum atomic E-state index is -0.427. The van der Waals surface area contributed by atoms with Crippen LogP contribution in [0.15, 0.2) is 35.3 Å². The van der Waals surface area contributed by atoms with Gasteiger partial charge in [-0.2, -0.15) is 0 Å². The van der Waals surface area contributed by atoms with Crippen LogP contribution in [0, 0.1) is 5.82 Å². The van der Waals surface area contributed by atoms with Gasteiger partial charge in [-0.3, -0.25) is 0 Å². The Hall–Kier alpha value is -2.27. The Morgan fingerprint density at radius 1 is 1.08 bits per heavy atom. The monoisotopic (exact) mass is 372 g/mol. The minimum absolute atomic E-state index is 0.0987. The lowest BCUT2D eigenvalue weighted by atomic mass is 10.1. The number of amidine groups is 1. The molecule has 2 aliphatic heterocycles.